The molecule has 1 saturated carbocycles. The summed E-state index contributed by atoms with van der Waals surface area (Å²) in [5.74, 6) is 0.755. The first-order chi connectivity index (χ1) is 8.88. The van der Waals surface area contributed by atoms with Gasteiger partial charge < -0.3 is 10.1 Å². The zero-order chi connectivity index (χ0) is 12.4. The molecule has 0 aromatic carbocycles. The first kappa shape index (κ1) is 12.0. The van der Waals surface area contributed by atoms with Gasteiger partial charge in [-0.25, -0.2) is 0 Å². The highest BCUT2D eigenvalue weighted by molar-refractivity contribution is 7.15. The maximum Gasteiger partial charge on any atom is 0.237 e. The van der Waals surface area contributed by atoms with Gasteiger partial charge in [0.05, 0.1) is 7.11 Å². The molecule has 0 spiro atoms. The van der Waals surface area contributed by atoms with Gasteiger partial charge in [-0.15, -0.1) is 11.3 Å². The molecule has 4 nitrogen and oxygen atoms in total. The average Bonchev–Trinajstić information content (AvgIpc) is 2.98. The lowest BCUT2D eigenvalue weighted by Crippen LogP contribution is -2.30. The average molecular weight is 265 g/mol. The molecule has 2 aromatic heterocycles. The molecular weight excluding hydrogens is 246 g/mol. The van der Waals surface area contributed by atoms with Crippen LogP contribution >= 0.6 is 11.3 Å². The third kappa shape index (κ3) is 2.24. The molecule has 1 fully saturated rings. The number of rotatable bonds is 4. The highest BCUT2D eigenvalue weighted by atomic mass is 32.1. The van der Waals surface area contributed by atoms with E-state index >= 15 is 0 Å². The summed E-state index contributed by atoms with van der Waals surface area (Å²) in [5, 5.41) is 5.71. The van der Waals surface area contributed by atoms with Crippen molar-refractivity contribution in [3.8, 4) is 5.88 Å². The fourth-order valence-corrected chi connectivity index (χ4v) is 3.41. The molecule has 18 heavy (non-hydrogen) atoms. The Morgan fingerprint density at radius 2 is 2.28 bits per heavy atom. The molecule has 3 rings (SSSR count). The van der Waals surface area contributed by atoms with Crippen LogP contribution in [-0.2, 0) is 6.54 Å². The van der Waals surface area contributed by atoms with E-state index in [4.69, 9.17) is 4.74 Å². The molecule has 0 aliphatic heterocycles. The van der Waals surface area contributed by atoms with Gasteiger partial charge in [-0.1, -0.05) is 19.3 Å². The van der Waals surface area contributed by atoms with Crippen molar-refractivity contribution in [2.45, 2.75) is 44.7 Å². The van der Waals surface area contributed by atoms with Crippen LogP contribution in [0.5, 0.6) is 5.88 Å². The smallest absolute Gasteiger partial charge is 0.237 e. The Bertz CT molecular complexity index is 513. The molecule has 0 saturated heterocycles. The molecular formula is C13H19N3OS. The molecule has 2 aromatic rings. The molecule has 5 heteroatoms. The molecule has 1 aliphatic carbocycles. The number of hydrogen-bond donors (Lipinski definition) is 1. The first-order valence-corrected chi connectivity index (χ1v) is 7.48. The molecule has 2 heterocycles. The van der Waals surface area contributed by atoms with E-state index in [9.17, 15) is 0 Å². The zero-order valence-corrected chi connectivity index (χ0v) is 11.5. The first-order valence-electron chi connectivity index (χ1n) is 6.60. The Morgan fingerprint density at radius 1 is 1.44 bits per heavy atom. The Morgan fingerprint density at radius 3 is 3.06 bits per heavy atom. The number of ether oxygens (including phenoxy) is 1. The predicted molar refractivity (Wildman–Crippen MR) is 73.3 cm³/mol. The summed E-state index contributed by atoms with van der Waals surface area (Å²) >= 11 is 1.64. The van der Waals surface area contributed by atoms with Gasteiger partial charge in [-0.2, -0.15) is 4.98 Å². The van der Waals surface area contributed by atoms with E-state index in [1.54, 1.807) is 18.4 Å². The van der Waals surface area contributed by atoms with Crippen molar-refractivity contribution < 1.29 is 4.74 Å². The summed E-state index contributed by atoms with van der Waals surface area (Å²) in [6.07, 6.45) is 8.77. The molecule has 0 bridgehead atoms. The lowest BCUT2D eigenvalue weighted by molar-refractivity contribution is 0.360. The molecule has 0 unspecified atom stereocenters. The van der Waals surface area contributed by atoms with E-state index in [-0.39, 0.29) is 0 Å². The SMILES string of the molecule is COc1nc2sccn2c1CNC1CCCCC1. The van der Waals surface area contributed by atoms with Crippen molar-refractivity contribution in [3.63, 3.8) is 0 Å². The van der Waals surface area contributed by atoms with E-state index in [1.807, 2.05) is 0 Å². The van der Waals surface area contributed by atoms with E-state index < -0.39 is 0 Å². The molecule has 0 amide bonds. The standard InChI is InChI=1S/C13H19N3OS/c1-17-12-11(16-7-8-18-13(16)15-12)9-14-10-5-3-2-4-6-10/h7-8,10,14H,2-6,9H2,1H3. The quantitative estimate of drug-likeness (QED) is 0.924. The van der Waals surface area contributed by atoms with Crippen LogP contribution in [0, 0.1) is 0 Å². The topological polar surface area (TPSA) is 38.6 Å². The third-order valence-corrected chi connectivity index (χ3v) is 4.44. The Balaban J connectivity index is 1.74. The van der Waals surface area contributed by atoms with Crippen molar-refractivity contribution in [3.05, 3.63) is 17.3 Å². The van der Waals surface area contributed by atoms with Gasteiger partial charge in [0.2, 0.25) is 5.88 Å². The Hall–Kier alpha value is -1.07. The summed E-state index contributed by atoms with van der Waals surface area (Å²) in [4.78, 5) is 5.48. The van der Waals surface area contributed by atoms with Gasteiger partial charge in [0.15, 0.2) is 4.96 Å². The number of aromatic nitrogens is 2. The number of nitrogens with zero attached hydrogens (tertiary/aromatic N) is 2. The highest BCUT2D eigenvalue weighted by Crippen LogP contribution is 2.24. The van der Waals surface area contributed by atoms with Crippen LogP contribution in [-0.4, -0.2) is 22.5 Å². The monoisotopic (exact) mass is 265 g/mol. The van der Waals surface area contributed by atoms with E-state index in [0.29, 0.717) is 6.04 Å². The summed E-state index contributed by atoms with van der Waals surface area (Å²) in [7, 11) is 1.69. The second-order valence-electron chi connectivity index (χ2n) is 4.84. The minimum Gasteiger partial charge on any atom is -0.480 e. The fraction of sp³-hybridized carbons (Fsp3) is 0.615. The molecule has 0 radical (unpaired) electrons. The van der Waals surface area contributed by atoms with Gasteiger partial charge in [0.1, 0.15) is 5.69 Å². The molecule has 1 aliphatic rings. The van der Waals surface area contributed by atoms with Crippen LogP contribution in [0.4, 0.5) is 0 Å². The minimum atomic E-state index is 0.660. The number of hydrogen-bond acceptors (Lipinski definition) is 4. The van der Waals surface area contributed by atoms with E-state index in [1.165, 1.54) is 32.1 Å². The van der Waals surface area contributed by atoms with Crippen molar-refractivity contribution in [1.29, 1.82) is 0 Å². The van der Waals surface area contributed by atoms with Crippen LogP contribution in [0.3, 0.4) is 0 Å². The lowest BCUT2D eigenvalue weighted by Gasteiger charge is -2.22. The maximum atomic E-state index is 5.36. The summed E-state index contributed by atoms with van der Waals surface area (Å²) in [5.41, 5.74) is 1.14. The predicted octanol–water partition coefficient (Wildman–Crippen LogP) is 2.83. The normalized spacial score (nSPS) is 17.4. The van der Waals surface area contributed by atoms with Crippen molar-refractivity contribution >= 4 is 16.3 Å². The van der Waals surface area contributed by atoms with E-state index in [2.05, 4.69) is 26.3 Å². The highest BCUT2D eigenvalue weighted by Gasteiger charge is 2.17. The Kier molecular flexibility index (Phi) is 3.52. The van der Waals surface area contributed by atoms with Crippen LogP contribution in [0.1, 0.15) is 37.8 Å². The fourth-order valence-electron chi connectivity index (χ4n) is 2.68. The van der Waals surface area contributed by atoms with Gasteiger partial charge >= 0.3 is 0 Å². The maximum absolute atomic E-state index is 5.36. The number of fused-ring (bicyclic) bond motifs is 1. The van der Waals surface area contributed by atoms with Gasteiger partial charge in [0.25, 0.3) is 0 Å². The summed E-state index contributed by atoms with van der Waals surface area (Å²) < 4.78 is 7.49. The zero-order valence-electron chi connectivity index (χ0n) is 10.7. The van der Waals surface area contributed by atoms with Crippen molar-refractivity contribution in [1.82, 2.24) is 14.7 Å². The number of thiazole rings is 1. The summed E-state index contributed by atoms with van der Waals surface area (Å²) in [6, 6.07) is 0.660. The van der Waals surface area contributed by atoms with E-state index in [0.717, 1.165) is 23.1 Å². The second kappa shape index (κ2) is 5.28. The second-order valence-corrected chi connectivity index (χ2v) is 5.71. The number of methoxy groups -OCH3 is 1. The number of nitrogens with one attached hydrogen (secondary N) is 1. The lowest BCUT2D eigenvalue weighted by atomic mass is 9.95. The van der Waals surface area contributed by atoms with Crippen LogP contribution in [0.2, 0.25) is 0 Å². The van der Waals surface area contributed by atoms with Gasteiger partial charge in [0, 0.05) is 24.2 Å². The molecule has 98 valence electrons. The Labute approximate surface area is 111 Å². The van der Waals surface area contributed by atoms with Crippen LogP contribution in [0.15, 0.2) is 11.6 Å². The van der Waals surface area contributed by atoms with Crippen molar-refractivity contribution in [2.75, 3.05) is 7.11 Å². The number of imidazole rings is 1. The van der Waals surface area contributed by atoms with Gasteiger partial charge in [-0.3, -0.25) is 4.40 Å². The van der Waals surface area contributed by atoms with Crippen LogP contribution in [0.25, 0.3) is 4.96 Å². The molecule has 0 atom stereocenters. The third-order valence-electron chi connectivity index (χ3n) is 3.68. The largest absolute Gasteiger partial charge is 0.480 e. The summed E-state index contributed by atoms with van der Waals surface area (Å²) in [6.45, 7) is 0.839. The molecule has 1 N–H and O–H groups in total. The van der Waals surface area contributed by atoms with Crippen LogP contribution < -0.4 is 10.1 Å². The van der Waals surface area contributed by atoms with Gasteiger partial charge in [-0.05, 0) is 12.8 Å². The minimum absolute atomic E-state index is 0.660. The van der Waals surface area contributed by atoms with Crippen molar-refractivity contribution in [2.24, 2.45) is 0 Å².